The molecule has 3 nitrogen and oxygen atoms in total. The first-order chi connectivity index (χ1) is 8.56. The Morgan fingerprint density at radius 1 is 1.22 bits per heavy atom. The molecule has 1 aliphatic rings. The van der Waals surface area contributed by atoms with Gasteiger partial charge in [-0.05, 0) is 25.2 Å². The summed E-state index contributed by atoms with van der Waals surface area (Å²) in [5.41, 5.74) is 0.517. The van der Waals surface area contributed by atoms with Gasteiger partial charge >= 0.3 is 0 Å². The van der Waals surface area contributed by atoms with Gasteiger partial charge in [0, 0.05) is 36.8 Å². The van der Waals surface area contributed by atoms with Crippen molar-refractivity contribution in [2.24, 2.45) is 0 Å². The molecule has 0 spiro atoms. The normalized spacial score (nSPS) is 17.9. The lowest BCUT2D eigenvalue weighted by Gasteiger charge is -2.31. The predicted molar refractivity (Wildman–Crippen MR) is 74.7 cm³/mol. The third-order valence-corrected chi connectivity index (χ3v) is 3.76. The Morgan fingerprint density at radius 3 is 2.56 bits per heavy atom. The molecule has 0 bridgehead atoms. The first kappa shape index (κ1) is 13.8. The second-order valence-corrected chi connectivity index (χ2v) is 5.47. The maximum atomic E-state index is 12.2. The average Bonchev–Trinajstić information content (AvgIpc) is 2.35. The van der Waals surface area contributed by atoms with E-state index >= 15 is 0 Å². The maximum Gasteiger partial charge on any atom is 0.178 e. The monoisotopic (exact) mass is 286 g/mol. The Kier molecular flexibility index (Phi) is 4.62. The van der Waals surface area contributed by atoms with Crippen LogP contribution in [0.25, 0.3) is 0 Å². The first-order valence-electron chi connectivity index (χ1n) is 5.95. The van der Waals surface area contributed by atoms with Crippen LogP contribution in [0, 0.1) is 0 Å². The predicted octanol–water partition coefficient (Wildman–Crippen LogP) is 2.42. The molecule has 0 saturated carbocycles. The molecule has 18 heavy (non-hydrogen) atoms. The summed E-state index contributed by atoms with van der Waals surface area (Å²) in [6.45, 7) is 4.24. The summed E-state index contributed by atoms with van der Waals surface area (Å²) in [5, 5.41) is 1.01. The minimum Gasteiger partial charge on any atom is -0.304 e. The van der Waals surface area contributed by atoms with Crippen molar-refractivity contribution in [2.75, 3.05) is 39.8 Å². The van der Waals surface area contributed by atoms with Crippen molar-refractivity contribution in [3.05, 3.63) is 33.8 Å². The highest BCUT2D eigenvalue weighted by Gasteiger charge is 2.19. The van der Waals surface area contributed by atoms with Crippen LogP contribution in [0.4, 0.5) is 0 Å². The third kappa shape index (κ3) is 3.45. The summed E-state index contributed by atoms with van der Waals surface area (Å²) in [4.78, 5) is 16.6. The molecule has 1 heterocycles. The van der Waals surface area contributed by atoms with Crippen molar-refractivity contribution >= 4 is 29.0 Å². The van der Waals surface area contributed by atoms with E-state index in [-0.39, 0.29) is 5.78 Å². The van der Waals surface area contributed by atoms with Crippen molar-refractivity contribution < 1.29 is 4.79 Å². The number of halogens is 2. The van der Waals surface area contributed by atoms with Gasteiger partial charge in [-0.3, -0.25) is 9.69 Å². The molecule has 1 aromatic rings. The van der Waals surface area contributed by atoms with Crippen LogP contribution in [0.1, 0.15) is 10.4 Å². The maximum absolute atomic E-state index is 12.2. The van der Waals surface area contributed by atoms with Gasteiger partial charge in [0.25, 0.3) is 0 Å². The highest BCUT2D eigenvalue weighted by molar-refractivity contribution is 6.36. The molecular formula is C13H16Cl2N2O. The summed E-state index contributed by atoms with van der Waals surface area (Å²) in [7, 11) is 2.09. The van der Waals surface area contributed by atoms with Gasteiger partial charge < -0.3 is 4.90 Å². The molecule has 0 N–H and O–H groups in total. The number of piperazine rings is 1. The van der Waals surface area contributed by atoms with Crippen LogP contribution in [-0.4, -0.2) is 55.4 Å². The van der Waals surface area contributed by atoms with Gasteiger partial charge in [0.1, 0.15) is 0 Å². The van der Waals surface area contributed by atoms with Crippen LogP contribution in [0.15, 0.2) is 18.2 Å². The van der Waals surface area contributed by atoms with Crippen LogP contribution in [-0.2, 0) is 0 Å². The summed E-state index contributed by atoms with van der Waals surface area (Å²) < 4.78 is 0. The second-order valence-electron chi connectivity index (χ2n) is 4.63. The van der Waals surface area contributed by atoms with Gasteiger partial charge in [-0.2, -0.15) is 0 Å². The molecule has 1 saturated heterocycles. The fourth-order valence-electron chi connectivity index (χ4n) is 2.01. The molecule has 0 amide bonds. The number of hydrogen-bond acceptors (Lipinski definition) is 3. The first-order valence-corrected chi connectivity index (χ1v) is 6.71. The molecule has 0 aliphatic carbocycles. The fraction of sp³-hybridized carbons (Fsp3) is 0.462. The van der Waals surface area contributed by atoms with E-state index in [1.165, 1.54) is 0 Å². The Bertz CT molecular complexity index is 443. The topological polar surface area (TPSA) is 23.6 Å². The van der Waals surface area contributed by atoms with E-state index in [0.717, 1.165) is 26.2 Å². The number of carbonyl (C=O) groups is 1. The number of ketones is 1. The lowest BCUT2D eigenvalue weighted by Crippen LogP contribution is -2.46. The molecule has 98 valence electrons. The quantitative estimate of drug-likeness (QED) is 0.798. The van der Waals surface area contributed by atoms with E-state index in [2.05, 4.69) is 16.8 Å². The van der Waals surface area contributed by atoms with E-state index in [0.29, 0.717) is 22.2 Å². The Hall–Kier alpha value is -0.610. The van der Waals surface area contributed by atoms with Crippen molar-refractivity contribution in [3.8, 4) is 0 Å². The minimum atomic E-state index is 0.0343. The molecule has 1 aromatic carbocycles. The molecular weight excluding hydrogens is 271 g/mol. The van der Waals surface area contributed by atoms with Crippen LogP contribution in [0.5, 0.6) is 0 Å². The highest BCUT2D eigenvalue weighted by Crippen LogP contribution is 2.21. The zero-order chi connectivity index (χ0) is 13.1. The van der Waals surface area contributed by atoms with E-state index in [9.17, 15) is 4.79 Å². The molecule has 0 aromatic heterocycles. The van der Waals surface area contributed by atoms with Gasteiger partial charge in [0.15, 0.2) is 5.78 Å². The molecule has 0 radical (unpaired) electrons. The lowest BCUT2D eigenvalue weighted by molar-refractivity contribution is 0.0876. The molecule has 1 fully saturated rings. The molecule has 2 rings (SSSR count). The zero-order valence-corrected chi connectivity index (χ0v) is 11.8. The highest BCUT2D eigenvalue weighted by atomic mass is 35.5. The fourth-order valence-corrected chi connectivity index (χ4v) is 2.40. The minimum absolute atomic E-state index is 0.0343. The van der Waals surface area contributed by atoms with Crippen LogP contribution in [0.2, 0.25) is 10.0 Å². The number of benzene rings is 1. The van der Waals surface area contributed by atoms with Crippen LogP contribution >= 0.6 is 23.2 Å². The van der Waals surface area contributed by atoms with E-state index in [1.54, 1.807) is 18.2 Å². The smallest absolute Gasteiger partial charge is 0.178 e. The summed E-state index contributed by atoms with van der Waals surface area (Å²) in [6, 6.07) is 5.00. The van der Waals surface area contributed by atoms with Gasteiger partial charge in [-0.1, -0.05) is 23.2 Å². The molecule has 0 atom stereocenters. The summed E-state index contributed by atoms with van der Waals surface area (Å²) in [6.07, 6.45) is 0. The number of Topliss-reactive ketones (excluding diaryl/α,β-unsaturated/α-hetero) is 1. The van der Waals surface area contributed by atoms with Crippen molar-refractivity contribution in [2.45, 2.75) is 0 Å². The van der Waals surface area contributed by atoms with Crippen molar-refractivity contribution in [1.82, 2.24) is 9.80 Å². The Labute approximate surface area is 117 Å². The van der Waals surface area contributed by atoms with Crippen LogP contribution < -0.4 is 0 Å². The summed E-state index contributed by atoms with van der Waals surface area (Å²) in [5.74, 6) is 0.0343. The van der Waals surface area contributed by atoms with E-state index in [1.807, 2.05) is 0 Å². The number of hydrogen-bond donors (Lipinski definition) is 0. The van der Waals surface area contributed by atoms with Gasteiger partial charge in [0.05, 0.1) is 11.6 Å². The summed E-state index contributed by atoms with van der Waals surface area (Å²) >= 11 is 11.9. The van der Waals surface area contributed by atoms with Crippen LogP contribution in [0.3, 0.4) is 0 Å². The molecule has 5 heteroatoms. The second kappa shape index (κ2) is 6.02. The van der Waals surface area contributed by atoms with Crippen molar-refractivity contribution in [1.29, 1.82) is 0 Å². The number of nitrogens with zero attached hydrogens (tertiary/aromatic N) is 2. The number of carbonyl (C=O) groups excluding carboxylic acids is 1. The van der Waals surface area contributed by atoms with Gasteiger partial charge in [0.2, 0.25) is 0 Å². The molecule has 0 unspecified atom stereocenters. The van der Waals surface area contributed by atoms with E-state index < -0.39 is 0 Å². The van der Waals surface area contributed by atoms with Crippen molar-refractivity contribution in [3.63, 3.8) is 0 Å². The third-order valence-electron chi connectivity index (χ3n) is 3.19. The number of rotatable bonds is 3. The van der Waals surface area contributed by atoms with Gasteiger partial charge in [-0.25, -0.2) is 0 Å². The Balaban J connectivity index is 2.01. The SMILES string of the molecule is CN1CCN(CC(=O)c2cc(Cl)ccc2Cl)CC1. The molecule has 1 aliphatic heterocycles. The van der Waals surface area contributed by atoms with E-state index in [4.69, 9.17) is 23.2 Å². The zero-order valence-electron chi connectivity index (χ0n) is 10.3. The lowest BCUT2D eigenvalue weighted by atomic mass is 10.1. The largest absolute Gasteiger partial charge is 0.304 e. The van der Waals surface area contributed by atoms with Gasteiger partial charge in [-0.15, -0.1) is 0 Å². The number of likely N-dealkylation sites (N-methyl/N-ethyl adjacent to an activating group) is 1. The standard InChI is InChI=1S/C13H16Cl2N2O/c1-16-4-6-17(7-5-16)9-13(18)11-8-10(14)2-3-12(11)15/h2-3,8H,4-7,9H2,1H3. The Morgan fingerprint density at radius 2 is 1.89 bits per heavy atom. The average molecular weight is 287 g/mol.